The number of aromatic nitrogens is 1. The zero-order chi connectivity index (χ0) is 21.2. The van der Waals surface area contributed by atoms with Crippen LogP contribution < -0.4 is 10.0 Å². The van der Waals surface area contributed by atoms with Gasteiger partial charge in [-0.05, 0) is 36.1 Å². The molecule has 0 saturated heterocycles. The minimum Gasteiger partial charge on any atom is -0.545 e. The number of nitrogens with one attached hydrogen (secondary N) is 1. The summed E-state index contributed by atoms with van der Waals surface area (Å²) in [7, 11) is 4.31. The van der Waals surface area contributed by atoms with Gasteiger partial charge in [0.2, 0.25) is 0 Å². The molecule has 0 saturated carbocycles. The summed E-state index contributed by atoms with van der Waals surface area (Å²) in [5, 5.41) is 17.2. The molecule has 2 aromatic rings. The zero-order valence-corrected chi connectivity index (χ0v) is 16.6. The molecule has 29 heavy (non-hydrogen) atoms. The molecule has 1 heterocycles. The van der Waals surface area contributed by atoms with Gasteiger partial charge in [0.1, 0.15) is 12.6 Å². The van der Waals surface area contributed by atoms with Crippen LogP contribution in [0.4, 0.5) is 0 Å². The number of benzene rings is 1. The Hall–Kier alpha value is -3.03. The monoisotopic (exact) mass is 398 g/mol. The SMILES string of the molecule is C[NH+](C)CCOC1c2ccccc2CCc2ncccc21.O=C([O-])/C=C\C(=O)O. The fraction of sp³-hybridized carbons (Fsp3) is 0.318. The fourth-order valence-corrected chi connectivity index (χ4v) is 3.04. The molecule has 1 atom stereocenters. The number of hydrogen-bond acceptors (Lipinski definition) is 5. The second-order valence-electron chi connectivity index (χ2n) is 6.94. The molecule has 1 aliphatic carbocycles. The summed E-state index contributed by atoms with van der Waals surface area (Å²) in [6.45, 7) is 1.77. The Labute approximate surface area is 170 Å². The lowest BCUT2D eigenvalue weighted by Gasteiger charge is -2.21. The molecule has 1 aliphatic rings. The highest BCUT2D eigenvalue weighted by Gasteiger charge is 2.24. The smallest absolute Gasteiger partial charge is 0.328 e. The van der Waals surface area contributed by atoms with Gasteiger partial charge in [-0.15, -0.1) is 0 Å². The van der Waals surface area contributed by atoms with Crippen molar-refractivity contribution >= 4 is 11.9 Å². The number of pyridine rings is 1. The third-order valence-corrected chi connectivity index (χ3v) is 4.43. The standard InChI is InChI=1S/C18H22N2O.C4H4O4/c1-20(2)12-13-21-18-15-7-4-3-6-14(15)9-10-17-16(18)8-5-11-19-17;5-3(6)1-2-4(7)8/h3-8,11,18H,9-10,12-13H2,1-2H3;1-2H,(H,5,6)(H,7,8)/b;2-1-. The second kappa shape index (κ2) is 11.1. The van der Waals surface area contributed by atoms with Crippen LogP contribution in [-0.4, -0.2) is 49.3 Å². The summed E-state index contributed by atoms with van der Waals surface area (Å²) in [6.07, 6.45) is 4.88. The van der Waals surface area contributed by atoms with E-state index in [0.717, 1.165) is 26.0 Å². The third kappa shape index (κ3) is 7.14. The fourth-order valence-electron chi connectivity index (χ4n) is 3.04. The predicted molar refractivity (Wildman–Crippen MR) is 105 cm³/mol. The third-order valence-electron chi connectivity index (χ3n) is 4.43. The minimum atomic E-state index is -1.51. The number of carbonyl (C=O) groups is 2. The van der Waals surface area contributed by atoms with E-state index in [1.54, 1.807) is 0 Å². The summed E-state index contributed by atoms with van der Waals surface area (Å²) >= 11 is 0. The molecule has 3 rings (SSSR count). The lowest BCUT2D eigenvalue weighted by molar-refractivity contribution is -0.858. The number of aliphatic carboxylic acids is 2. The second-order valence-corrected chi connectivity index (χ2v) is 6.94. The number of hydrogen-bond donors (Lipinski definition) is 2. The molecular weight excluding hydrogens is 372 g/mol. The molecule has 0 amide bonds. The highest BCUT2D eigenvalue weighted by Crippen LogP contribution is 2.33. The van der Waals surface area contributed by atoms with E-state index in [1.165, 1.54) is 27.3 Å². The van der Waals surface area contributed by atoms with Crippen LogP contribution in [0.2, 0.25) is 0 Å². The van der Waals surface area contributed by atoms with Crippen LogP contribution in [0.15, 0.2) is 54.7 Å². The number of carboxylic acid groups (broad SMARTS) is 2. The highest BCUT2D eigenvalue weighted by molar-refractivity contribution is 5.88. The Morgan fingerprint density at radius 1 is 1.17 bits per heavy atom. The number of fused-ring (bicyclic) bond motifs is 2. The Bertz CT molecular complexity index is 800. The highest BCUT2D eigenvalue weighted by atomic mass is 16.5. The van der Waals surface area contributed by atoms with Gasteiger partial charge in [-0.2, -0.15) is 0 Å². The number of carbonyl (C=O) groups excluding carboxylic acids is 1. The summed E-state index contributed by atoms with van der Waals surface area (Å²) < 4.78 is 6.27. The van der Waals surface area contributed by atoms with Crippen molar-refractivity contribution in [3.05, 3.63) is 77.1 Å². The topological polar surface area (TPSA) is 104 Å². The maximum atomic E-state index is 9.53. The maximum Gasteiger partial charge on any atom is 0.328 e. The average molecular weight is 398 g/mol. The van der Waals surface area contributed by atoms with E-state index in [0.29, 0.717) is 12.2 Å². The number of rotatable bonds is 6. The molecule has 0 spiro atoms. The molecule has 0 radical (unpaired) electrons. The number of nitrogens with zero attached hydrogens (tertiary/aromatic N) is 1. The van der Waals surface area contributed by atoms with E-state index in [2.05, 4.69) is 49.4 Å². The lowest BCUT2D eigenvalue weighted by atomic mass is 9.98. The largest absolute Gasteiger partial charge is 0.545 e. The molecule has 0 aliphatic heterocycles. The van der Waals surface area contributed by atoms with Gasteiger partial charge in [-0.1, -0.05) is 30.3 Å². The summed E-state index contributed by atoms with van der Waals surface area (Å²) in [5.41, 5.74) is 5.10. The van der Waals surface area contributed by atoms with Crippen LogP contribution in [0.25, 0.3) is 0 Å². The summed E-state index contributed by atoms with van der Waals surface area (Å²) in [4.78, 5) is 24.9. The van der Waals surface area contributed by atoms with Gasteiger partial charge in [-0.3, -0.25) is 4.98 Å². The molecule has 1 aromatic heterocycles. The molecule has 1 aromatic carbocycles. The van der Waals surface area contributed by atoms with Crippen molar-refractivity contribution < 1.29 is 29.4 Å². The van der Waals surface area contributed by atoms with Crippen LogP contribution in [0, 0.1) is 0 Å². The van der Waals surface area contributed by atoms with Gasteiger partial charge in [0.15, 0.2) is 0 Å². The normalized spacial score (nSPS) is 15.1. The maximum absolute atomic E-state index is 9.53. The quantitative estimate of drug-likeness (QED) is 0.654. The molecule has 154 valence electrons. The van der Waals surface area contributed by atoms with Gasteiger partial charge >= 0.3 is 5.97 Å². The van der Waals surface area contributed by atoms with Crippen LogP contribution >= 0.6 is 0 Å². The Balaban J connectivity index is 0.000000321. The number of likely N-dealkylation sites (N-methyl/N-ethyl adjacent to an activating group) is 1. The van der Waals surface area contributed by atoms with Crippen molar-refractivity contribution in [1.29, 1.82) is 0 Å². The lowest BCUT2D eigenvalue weighted by Crippen LogP contribution is -3.06. The first-order chi connectivity index (χ1) is 13.9. The first-order valence-corrected chi connectivity index (χ1v) is 9.42. The Morgan fingerprint density at radius 2 is 1.90 bits per heavy atom. The molecular formula is C22H26N2O5. The predicted octanol–water partition coefficient (Wildman–Crippen LogP) is -0.192. The van der Waals surface area contributed by atoms with E-state index in [-0.39, 0.29) is 6.10 Å². The number of aryl methyl sites for hydroxylation is 2. The first kappa shape index (κ1) is 22.3. The van der Waals surface area contributed by atoms with Crippen LogP contribution in [0.5, 0.6) is 0 Å². The van der Waals surface area contributed by atoms with E-state index < -0.39 is 11.9 Å². The zero-order valence-electron chi connectivity index (χ0n) is 16.6. The number of ether oxygens (including phenoxy) is 1. The van der Waals surface area contributed by atoms with Crippen LogP contribution in [0.1, 0.15) is 28.5 Å². The molecule has 7 heteroatoms. The Kier molecular flexibility index (Phi) is 8.51. The van der Waals surface area contributed by atoms with Gasteiger partial charge in [-0.25, -0.2) is 4.79 Å². The van der Waals surface area contributed by atoms with E-state index in [1.807, 2.05) is 12.3 Å². The Morgan fingerprint density at radius 3 is 2.55 bits per heavy atom. The van der Waals surface area contributed by atoms with Gasteiger partial charge in [0.25, 0.3) is 0 Å². The summed E-state index contributed by atoms with van der Waals surface area (Å²) in [5.74, 6) is -2.80. The molecule has 2 N–H and O–H groups in total. The minimum absolute atomic E-state index is 0.0201. The number of quaternary nitrogens is 1. The van der Waals surface area contributed by atoms with Crippen molar-refractivity contribution in [3.8, 4) is 0 Å². The van der Waals surface area contributed by atoms with Crippen molar-refractivity contribution in [3.63, 3.8) is 0 Å². The molecule has 7 nitrogen and oxygen atoms in total. The van der Waals surface area contributed by atoms with E-state index in [9.17, 15) is 14.7 Å². The summed E-state index contributed by atoms with van der Waals surface area (Å²) in [6, 6.07) is 12.8. The molecule has 0 bridgehead atoms. The van der Waals surface area contributed by atoms with Crippen molar-refractivity contribution in [1.82, 2.24) is 4.98 Å². The van der Waals surface area contributed by atoms with Gasteiger partial charge in [0, 0.05) is 23.5 Å². The van der Waals surface area contributed by atoms with Gasteiger partial charge < -0.3 is 24.6 Å². The van der Waals surface area contributed by atoms with Crippen LogP contribution in [0.3, 0.4) is 0 Å². The van der Waals surface area contributed by atoms with Gasteiger partial charge in [0.05, 0.1) is 26.7 Å². The van der Waals surface area contributed by atoms with Crippen molar-refractivity contribution in [2.24, 2.45) is 0 Å². The average Bonchev–Trinajstić information content (AvgIpc) is 2.84. The number of carboxylic acids is 2. The van der Waals surface area contributed by atoms with Crippen molar-refractivity contribution in [2.45, 2.75) is 18.9 Å². The van der Waals surface area contributed by atoms with Crippen molar-refractivity contribution in [2.75, 3.05) is 27.2 Å². The first-order valence-electron chi connectivity index (χ1n) is 9.42. The van der Waals surface area contributed by atoms with E-state index >= 15 is 0 Å². The van der Waals surface area contributed by atoms with E-state index in [4.69, 9.17) is 9.84 Å². The molecule has 0 fully saturated rings. The van der Waals surface area contributed by atoms with Crippen LogP contribution in [-0.2, 0) is 27.2 Å². The molecule has 1 unspecified atom stereocenters.